The zero-order valence-electron chi connectivity index (χ0n) is 14.9. The Kier molecular flexibility index (Phi) is 5.87. The topological polar surface area (TPSA) is 69.5 Å². The number of pyridine rings is 1. The third-order valence-corrected chi connectivity index (χ3v) is 5.28. The number of piperazine rings is 1. The van der Waals surface area contributed by atoms with E-state index >= 15 is 0 Å². The minimum Gasteiger partial charge on any atom is -0.368 e. The SMILES string of the molecule is C[C@@H]1CCCC[C@@H]1OCC(=O)N1CCN(c2cc(C#N)ccn2)CC1. The highest BCUT2D eigenvalue weighted by atomic mass is 16.5. The van der Waals surface area contributed by atoms with Gasteiger partial charge in [0.2, 0.25) is 5.91 Å². The van der Waals surface area contributed by atoms with E-state index in [4.69, 9.17) is 10.00 Å². The van der Waals surface area contributed by atoms with Crippen molar-refractivity contribution in [3.8, 4) is 6.07 Å². The van der Waals surface area contributed by atoms with Crippen LogP contribution in [0.3, 0.4) is 0 Å². The number of hydrogen-bond donors (Lipinski definition) is 0. The highest BCUT2D eigenvalue weighted by molar-refractivity contribution is 5.77. The summed E-state index contributed by atoms with van der Waals surface area (Å²) in [6, 6.07) is 5.64. The van der Waals surface area contributed by atoms with Crippen LogP contribution in [0.5, 0.6) is 0 Å². The Hall–Kier alpha value is -2.13. The van der Waals surface area contributed by atoms with Crippen molar-refractivity contribution in [3.05, 3.63) is 23.9 Å². The maximum atomic E-state index is 12.4. The fourth-order valence-corrected chi connectivity index (χ4v) is 3.65. The number of hydrogen-bond acceptors (Lipinski definition) is 5. The minimum atomic E-state index is 0.0798. The lowest BCUT2D eigenvalue weighted by atomic mass is 9.88. The first-order valence-corrected chi connectivity index (χ1v) is 9.18. The minimum absolute atomic E-state index is 0.0798. The van der Waals surface area contributed by atoms with Crippen LogP contribution in [0, 0.1) is 17.2 Å². The maximum absolute atomic E-state index is 12.4. The molecule has 0 aromatic carbocycles. The average molecular weight is 342 g/mol. The Bertz CT molecular complexity index is 635. The first-order valence-electron chi connectivity index (χ1n) is 9.18. The molecule has 1 aliphatic carbocycles. The van der Waals surface area contributed by atoms with Crippen molar-refractivity contribution < 1.29 is 9.53 Å². The predicted molar refractivity (Wildman–Crippen MR) is 95.1 cm³/mol. The van der Waals surface area contributed by atoms with Gasteiger partial charge in [-0.15, -0.1) is 0 Å². The van der Waals surface area contributed by atoms with Crippen molar-refractivity contribution in [1.82, 2.24) is 9.88 Å². The van der Waals surface area contributed by atoms with Crippen molar-refractivity contribution in [2.24, 2.45) is 5.92 Å². The van der Waals surface area contributed by atoms with Gasteiger partial charge in [0, 0.05) is 32.4 Å². The van der Waals surface area contributed by atoms with Gasteiger partial charge in [-0.2, -0.15) is 5.26 Å². The fourth-order valence-electron chi connectivity index (χ4n) is 3.65. The molecular weight excluding hydrogens is 316 g/mol. The van der Waals surface area contributed by atoms with E-state index in [2.05, 4.69) is 22.9 Å². The Morgan fingerprint density at radius 1 is 1.32 bits per heavy atom. The van der Waals surface area contributed by atoms with E-state index in [1.165, 1.54) is 19.3 Å². The number of carbonyl (C=O) groups is 1. The predicted octanol–water partition coefficient (Wildman–Crippen LogP) is 2.20. The van der Waals surface area contributed by atoms with E-state index in [-0.39, 0.29) is 18.6 Å². The molecule has 25 heavy (non-hydrogen) atoms. The van der Waals surface area contributed by atoms with Crippen LogP contribution in [0.25, 0.3) is 0 Å². The second kappa shape index (κ2) is 8.30. The normalized spacial score (nSPS) is 24.0. The lowest BCUT2D eigenvalue weighted by Gasteiger charge is -2.36. The number of amides is 1. The lowest BCUT2D eigenvalue weighted by Crippen LogP contribution is -2.50. The summed E-state index contributed by atoms with van der Waals surface area (Å²) in [6.07, 6.45) is 6.64. The lowest BCUT2D eigenvalue weighted by molar-refractivity contribution is -0.140. The zero-order valence-corrected chi connectivity index (χ0v) is 14.9. The number of nitrogens with zero attached hydrogens (tertiary/aromatic N) is 4. The van der Waals surface area contributed by atoms with Gasteiger partial charge in [0.25, 0.3) is 0 Å². The summed E-state index contributed by atoms with van der Waals surface area (Å²) in [5.41, 5.74) is 0.610. The van der Waals surface area contributed by atoms with Gasteiger partial charge in [0.05, 0.1) is 17.7 Å². The van der Waals surface area contributed by atoms with Crippen molar-refractivity contribution >= 4 is 11.7 Å². The van der Waals surface area contributed by atoms with Crippen molar-refractivity contribution in [2.45, 2.75) is 38.7 Å². The van der Waals surface area contributed by atoms with Crippen LogP contribution < -0.4 is 4.90 Å². The Morgan fingerprint density at radius 2 is 2.08 bits per heavy atom. The van der Waals surface area contributed by atoms with Crippen molar-refractivity contribution in [2.75, 3.05) is 37.7 Å². The Morgan fingerprint density at radius 3 is 2.80 bits per heavy atom. The third kappa shape index (κ3) is 4.49. The number of anilines is 1. The van der Waals surface area contributed by atoms with Gasteiger partial charge in [0.15, 0.2) is 0 Å². The Labute approximate surface area is 149 Å². The van der Waals surface area contributed by atoms with Gasteiger partial charge in [-0.25, -0.2) is 4.98 Å². The summed E-state index contributed by atoms with van der Waals surface area (Å²) in [4.78, 5) is 20.7. The van der Waals surface area contributed by atoms with Gasteiger partial charge >= 0.3 is 0 Å². The molecule has 1 aromatic rings. The molecule has 0 bridgehead atoms. The van der Waals surface area contributed by atoms with E-state index in [0.717, 1.165) is 25.3 Å². The molecule has 0 radical (unpaired) electrons. The quantitative estimate of drug-likeness (QED) is 0.839. The molecule has 2 fully saturated rings. The van der Waals surface area contributed by atoms with E-state index in [0.29, 0.717) is 24.6 Å². The number of nitriles is 1. The number of rotatable bonds is 4. The molecule has 134 valence electrons. The van der Waals surface area contributed by atoms with Crippen molar-refractivity contribution in [3.63, 3.8) is 0 Å². The number of carbonyl (C=O) groups excluding carboxylic acids is 1. The molecule has 2 atom stereocenters. The molecule has 2 aliphatic rings. The van der Waals surface area contributed by atoms with E-state index in [1.807, 2.05) is 4.90 Å². The van der Waals surface area contributed by atoms with Gasteiger partial charge in [0.1, 0.15) is 12.4 Å². The van der Waals surface area contributed by atoms with Gasteiger partial charge in [-0.3, -0.25) is 4.79 Å². The molecule has 1 saturated heterocycles. The van der Waals surface area contributed by atoms with Gasteiger partial charge < -0.3 is 14.5 Å². The largest absolute Gasteiger partial charge is 0.368 e. The fraction of sp³-hybridized carbons (Fsp3) is 0.632. The molecule has 0 spiro atoms. The molecule has 3 rings (SSSR count). The van der Waals surface area contributed by atoms with Crippen LogP contribution in [0.1, 0.15) is 38.2 Å². The molecule has 0 unspecified atom stereocenters. The van der Waals surface area contributed by atoms with Crippen LogP contribution in [-0.2, 0) is 9.53 Å². The zero-order chi connectivity index (χ0) is 17.6. The smallest absolute Gasteiger partial charge is 0.248 e. The molecular formula is C19H26N4O2. The molecule has 2 heterocycles. The molecule has 1 aromatic heterocycles. The van der Waals surface area contributed by atoms with E-state index < -0.39 is 0 Å². The number of ether oxygens (including phenoxy) is 1. The summed E-state index contributed by atoms with van der Waals surface area (Å²) in [5.74, 6) is 1.44. The highest BCUT2D eigenvalue weighted by Gasteiger charge is 2.26. The second-order valence-electron chi connectivity index (χ2n) is 6.99. The summed E-state index contributed by atoms with van der Waals surface area (Å²) in [5, 5.41) is 9.00. The first kappa shape index (κ1) is 17.7. The van der Waals surface area contributed by atoms with Crippen LogP contribution in [0.15, 0.2) is 18.3 Å². The molecule has 1 saturated carbocycles. The van der Waals surface area contributed by atoms with Gasteiger partial charge in [-0.1, -0.05) is 19.8 Å². The second-order valence-corrected chi connectivity index (χ2v) is 6.99. The summed E-state index contributed by atoms with van der Waals surface area (Å²) >= 11 is 0. The van der Waals surface area contributed by atoms with Crippen molar-refractivity contribution in [1.29, 1.82) is 5.26 Å². The standard InChI is InChI=1S/C19H26N4O2/c1-15-4-2-3-5-17(15)25-14-19(24)23-10-8-22(9-11-23)18-12-16(13-20)6-7-21-18/h6-7,12,15,17H,2-5,8-11,14H2,1H3/t15-,17+/m1/s1. The summed E-state index contributed by atoms with van der Waals surface area (Å²) in [7, 11) is 0. The Balaban J connectivity index is 1.46. The maximum Gasteiger partial charge on any atom is 0.248 e. The number of aromatic nitrogens is 1. The summed E-state index contributed by atoms with van der Waals surface area (Å²) in [6.45, 7) is 5.20. The van der Waals surface area contributed by atoms with E-state index in [9.17, 15) is 4.79 Å². The molecule has 1 aliphatic heterocycles. The van der Waals surface area contributed by atoms with Crippen LogP contribution in [-0.4, -0.2) is 54.7 Å². The molecule has 6 heteroatoms. The van der Waals surface area contributed by atoms with Crippen LogP contribution >= 0.6 is 0 Å². The third-order valence-electron chi connectivity index (χ3n) is 5.28. The van der Waals surface area contributed by atoms with E-state index in [1.54, 1.807) is 18.3 Å². The molecule has 6 nitrogen and oxygen atoms in total. The monoisotopic (exact) mass is 342 g/mol. The van der Waals surface area contributed by atoms with Crippen LogP contribution in [0.4, 0.5) is 5.82 Å². The molecule has 0 N–H and O–H groups in total. The highest BCUT2D eigenvalue weighted by Crippen LogP contribution is 2.26. The van der Waals surface area contributed by atoms with Gasteiger partial charge in [-0.05, 0) is 30.9 Å². The average Bonchev–Trinajstić information content (AvgIpc) is 2.67. The summed E-state index contributed by atoms with van der Waals surface area (Å²) < 4.78 is 5.90. The van der Waals surface area contributed by atoms with Crippen LogP contribution in [0.2, 0.25) is 0 Å². The molecule has 1 amide bonds. The first-order chi connectivity index (χ1) is 12.2.